The molecule has 0 aromatic carbocycles. The lowest BCUT2D eigenvalue weighted by Gasteiger charge is -2.23. The van der Waals surface area contributed by atoms with Gasteiger partial charge in [0, 0.05) is 6.54 Å². The highest BCUT2D eigenvalue weighted by atomic mass is 16.4. The highest BCUT2D eigenvalue weighted by Gasteiger charge is 2.26. The Morgan fingerprint density at radius 3 is 2.29 bits per heavy atom. The van der Waals surface area contributed by atoms with Gasteiger partial charge in [-0.3, -0.25) is 4.79 Å². The third-order valence-electron chi connectivity index (χ3n) is 3.18. The SMILES string of the molecule is CCN(CCCCC(C)(C)C(=O)O)CC(C)C. The molecule has 0 rings (SSSR count). The Hall–Kier alpha value is -0.570. The molecule has 0 spiro atoms. The van der Waals surface area contributed by atoms with Crippen molar-refractivity contribution >= 4 is 5.97 Å². The third kappa shape index (κ3) is 7.37. The van der Waals surface area contributed by atoms with Gasteiger partial charge in [-0.25, -0.2) is 0 Å². The van der Waals surface area contributed by atoms with Gasteiger partial charge in [0.1, 0.15) is 0 Å². The third-order valence-corrected chi connectivity index (χ3v) is 3.18. The lowest BCUT2D eigenvalue weighted by molar-refractivity contribution is -0.147. The molecule has 0 bridgehead atoms. The molecule has 0 unspecified atom stereocenters. The molecule has 3 heteroatoms. The number of carboxylic acids is 1. The van der Waals surface area contributed by atoms with Gasteiger partial charge in [0.05, 0.1) is 5.41 Å². The van der Waals surface area contributed by atoms with Crippen molar-refractivity contribution in [1.29, 1.82) is 0 Å². The first-order chi connectivity index (χ1) is 7.79. The van der Waals surface area contributed by atoms with E-state index in [-0.39, 0.29) is 0 Å². The number of hydrogen-bond acceptors (Lipinski definition) is 2. The molecule has 0 aliphatic carbocycles. The Bertz CT molecular complexity index is 224. The minimum absolute atomic E-state index is 0.574. The molecule has 3 nitrogen and oxygen atoms in total. The summed E-state index contributed by atoms with van der Waals surface area (Å²) in [5, 5.41) is 9.00. The Kier molecular flexibility index (Phi) is 7.44. The second kappa shape index (κ2) is 7.70. The number of carbonyl (C=O) groups is 1. The molecule has 0 atom stereocenters. The van der Waals surface area contributed by atoms with Crippen LogP contribution in [0.1, 0.15) is 53.9 Å². The van der Waals surface area contributed by atoms with Crippen LogP contribution in [0.3, 0.4) is 0 Å². The number of rotatable bonds is 9. The lowest BCUT2D eigenvalue weighted by Crippen LogP contribution is -2.29. The van der Waals surface area contributed by atoms with Crippen LogP contribution in [-0.2, 0) is 4.79 Å². The molecule has 1 N–H and O–H groups in total. The molecule has 0 saturated carbocycles. The average Bonchev–Trinajstić information content (AvgIpc) is 2.21. The highest BCUT2D eigenvalue weighted by molar-refractivity contribution is 5.73. The fourth-order valence-corrected chi connectivity index (χ4v) is 1.90. The van der Waals surface area contributed by atoms with Crippen LogP contribution in [-0.4, -0.2) is 35.6 Å². The second-order valence-electron chi connectivity index (χ2n) is 5.93. The Morgan fingerprint density at radius 2 is 1.88 bits per heavy atom. The van der Waals surface area contributed by atoms with E-state index in [1.54, 1.807) is 13.8 Å². The lowest BCUT2D eigenvalue weighted by atomic mass is 9.87. The van der Waals surface area contributed by atoms with E-state index in [0.717, 1.165) is 38.9 Å². The molecule has 102 valence electrons. The molecule has 0 aliphatic heterocycles. The van der Waals surface area contributed by atoms with Gasteiger partial charge in [-0.15, -0.1) is 0 Å². The van der Waals surface area contributed by atoms with E-state index in [0.29, 0.717) is 5.92 Å². The number of nitrogens with zero attached hydrogens (tertiary/aromatic N) is 1. The molecule has 0 heterocycles. The minimum Gasteiger partial charge on any atom is -0.481 e. The van der Waals surface area contributed by atoms with Gasteiger partial charge in [0.15, 0.2) is 0 Å². The molecule has 0 radical (unpaired) electrons. The van der Waals surface area contributed by atoms with Crippen LogP contribution in [0.25, 0.3) is 0 Å². The summed E-state index contributed by atoms with van der Waals surface area (Å²) in [7, 11) is 0. The van der Waals surface area contributed by atoms with Crippen LogP contribution in [0.15, 0.2) is 0 Å². The first-order valence-corrected chi connectivity index (χ1v) is 6.75. The normalized spacial score (nSPS) is 12.4. The van der Waals surface area contributed by atoms with Crippen LogP contribution in [0.5, 0.6) is 0 Å². The largest absolute Gasteiger partial charge is 0.481 e. The van der Waals surface area contributed by atoms with E-state index in [1.165, 1.54) is 0 Å². The minimum atomic E-state index is -0.688. The number of carboxylic acid groups (broad SMARTS) is 1. The van der Waals surface area contributed by atoms with Gasteiger partial charge < -0.3 is 10.0 Å². The smallest absolute Gasteiger partial charge is 0.309 e. The Morgan fingerprint density at radius 1 is 1.29 bits per heavy atom. The molecule has 0 aromatic heterocycles. The summed E-state index contributed by atoms with van der Waals surface area (Å²) in [6, 6.07) is 0. The second-order valence-corrected chi connectivity index (χ2v) is 5.93. The van der Waals surface area contributed by atoms with Crippen molar-refractivity contribution in [2.75, 3.05) is 19.6 Å². The van der Waals surface area contributed by atoms with Gasteiger partial charge in [-0.1, -0.05) is 27.2 Å². The van der Waals surface area contributed by atoms with Crippen LogP contribution in [0.4, 0.5) is 0 Å². The Labute approximate surface area is 106 Å². The zero-order valence-electron chi connectivity index (χ0n) is 12.1. The summed E-state index contributed by atoms with van der Waals surface area (Å²) < 4.78 is 0. The number of hydrogen-bond donors (Lipinski definition) is 1. The molecule has 0 fully saturated rings. The summed E-state index contributed by atoms with van der Waals surface area (Å²) in [5.74, 6) is 0.0115. The fourth-order valence-electron chi connectivity index (χ4n) is 1.90. The van der Waals surface area contributed by atoms with Crippen molar-refractivity contribution in [3.05, 3.63) is 0 Å². The average molecular weight is 243 g/mol. The quantitative estimate of drug-likeness (QED) is 0.632. The number of aliphatic carboxylic acids is 1. The van der Waals surface area contributed by atoms with Gasteiger partial charge in [-0.05, 0) is 45.7 Å². The summed E-state index contributed by atoms with van der Waals surface area (Å²) in [4.78, 5) is 13.4. The standard InChI is InChI=1S/C14H29NO2/c1-6-15(11-12(2)3)10-8-7-9-14(4,5)13(16)17/h12H,6-11H2,1-5H3,(H,16,17). The molecule has 0 aromatic rings. The van der Waals surface area contributed by atoms with E-state index < -0.39 is 11.4 Å². The van der Waals surface area contributed by atoms with Crippen molar-refractivity contribution in [2.45, 2.75) is 53.9 Å². The fraction of sp³-hybridized carbons (Fsp3) is 0.929. The highest BCUT2D eigenvalue weighted by Crippen LogP contribution is 2.23. The van der Waals surface area contributed by atoms with Crippen LogP contribution in [0.2, 0.25) is 0 Å². The maximum atomic E-state index is 10.9. The van der Waals surface area contributed by atoms with Crippen molar-refractivity contribution < 1.29 is 9.90 Å². The molecular weight excluding hydrogens is 214 g/mol. The summed E-state index contributed by atoms with van der Waals surface area (Å²) >= 11 is 0. The topological polar surface area (TPSA) is 40.5 Å². The predicted octanol–water partition coefficient (Wildman–Crippen LogP) is 3.25. The van der Waals surface area contributed by atoms with E-state index in [2.05, 4.69) is 25.7 Å². The first-order valence-electron chi connectivity index (χ1n) is 6.75. The zero-order valence-corrected chi connectivity index (χ0v) is 12.1. The molecular formula is C14H29NO2. The number of unbranched alkanes of at least 4 members (excludes halogenated alkanes) is 1. The van der Waals surface area contributed by atoms with Crippen molar-refractivity contribution in [3.63, 3.8) is 0 Å². The van der Waals surface area contributed by atoms with Crippen LogP contribution >= 0.6 is 0 Å². The van der Waals surface area contributed by atoms with Gasteiger partial charge in [-0.2, -0.15) is 0 Å². The first kappa shape index (κ1) is 16.4. The van der Waals surface area contributed by atoms with Crippen LogP contribution < -0.4 is 0 Å². The van der Waals surface area contributed by atoms with E-state index in [1.807, 2.05) is 0 Å². The summed E-state index contributed by atoms with van der Waals surface area (Å²) in [6.07, 6.45) is 2.85. The summed E-state index contributed by atoms with van der Waals surface area (Å²) in [6.45, 7) is 13.6. The van der Waals surface area contributed by atoms with Gasteiger partial charge in [0.25, 0.3) is 0 Å². The predicted molar refractivity (Wildman–Crippen MR) is 72.2 cm³/mol. The molecule has 17 heavy (non-hydrogen) atoms. The van der Waals surface area contributed by atoms with E-state index in [4.69, 9.17) is 5.11 Å². The van der Waals surface area contributed by atoms with Crippen molar-refractivity contribution in [3.8, 4) is 0 Å². The van der Waals surface area contributed by atoms with Gasteiger partial charge >= 0.3 is 5.97 Å². The van der Waals surface area contributed by atoms with Crippen LogP contribution in [0, 0.1) is 11.3 Å². The van der Waals surface area contributed by atoms with Crippen molar-refractivity contribution in [2.24, 2.45) is 11.3 Å². The van der Waals surface area contributed by atoms with E-state index in [9.17, 15) is 4.79 Å². The molecule has 0 aliphatic rings. The van der Waals surface area contributed by atoms with Gasteiger partial charge in [0.2, 0.25) is 0 Å². The summed E-state index contributed by atoms with van der Waals surface area (Å²) in [5.41, 5.74) is -0.574. The maximum Gasteiger partial charge on any atom is 0.309 e. The monoisotopic (exact) mass is 243 g/mol. The zero-order chi connectivity index (χ0) is 13.5. The Balaban J connectivity index is 3.79. The van der Waals surface area contributed by atoms with Crippen molar-refractivity contribution in [1.82, 2.24) is 4.90 Å². The van der Waals surface area contributed by atoms with E-state index >= 15 is 0 Å². The molecule has 0 saturated heterocycles. The molecule has 0 amide bonds. The maximum absolute atomic E-state index is 10.9.